The molecular formula is C25H27N7O3. The first kappa shape index (κ1) is 21.7. The lowest BCUT2D eigenvalue weighted by Gasteiger charge is -2.32. The smallest absolute Gasteiger partial charge is 0.229 e. The fourth-order valence-corrected chi connectivity index (χ4v) is 4.63. The summed E-state index contributed by atoms with van der Waals surface area (Å²) in [5.41, 5.74) is 3.80. The van der Waals surface area contributed by atoms with Crippen LogP contribution in [0.1, 0.15) is 20.3 Å². The van der Waals surface area contributed by atoms with E-state index in [0.29, 0.717) is 46.7 Å². The molecule has 2 fully saturated rings. The Labute approximate surface area is 202 Å². The number of ether oxygens (including phenoxy) is 1. The van der Waals surface area contributed by atoms with E-state index in [1.807, 2.05) is 18.2 Å². The van der Waals surface area contributed by atoms with Crippen molar-refractivity contribution in [2.24, 2.45) is 11.8 Å². The molecule has 35 heavy (non-hydrogen) atoms. The van der Waals surface area contributed by atoms with Gasteiger partial charge in [-0.2, -0.15) is 0 Å². The summed E-state index contributed by atoms with van der Waals surface area (Å²) in [5.74, 6) is 1.85. The van der Waals surface area contributed by atoms with Crippen molar-refractivity contribution in [3.05, 3.63) is 30.5 Å². The molecule has 10 nitrogen and oxygen atoms in total. The average Bonchev–Trinajstić information content (AvgIpc) is 3.45. The maximum Gasteiger partial charge on any atom is 0.229 e. The van der Waals surface area contributed by atoms with Crippen LogP contribution in [0.4, 0.5) is 17.3 Å². The molecule has 0 radical (unpaired) electrons. The maximum absolute atomic E-state index is 12.5. The Kier molecular flexibility index (Phi) is 5.25. The molecule has 2 N–H and O–H groups in total. The van der Waals surface area contributed by atoms with Gasteiger partial charge in [-0.1, -0.05) is 6.92 Å². The second-order valence-electron chi connectivity index (χ2n) is 9.37. The average molecular weight is 474 g/mol. The van der Waals surface area contributed by atoms with Crippen LogP contribution in [0.25, 0.3) is 33.5 Å². The number of pyridine rings is 1. The van der Waals surface area contributed by atoms with Gasteiger partial charge >= 0.3 is 0 Å². The molecule has 1 aliphatic heterocycles. The molecule has 3 aromatic heterocycles. The van der Waals surface area contributed by atoms with Gasteiger partial charge < -0.3 is 24.7 Å². The van der Waals surface area contributed by atoms with Gasteiger partial charge in [0.05, 0.1) is 18.3 Å². The highest BCUT2D eigenvalue weighted by atomic mass is 16.5. The molecule has 10 heteroatoms. The van der Waals surface area contributed by atoms with Gasteiger partial charge in [-0.25, -0.2) is 9.97 Å². The highest BCUT2D eigenvalue weighted by Crippen LogP contribution is 2.39. The summed E-state index contributed by atoms with van der Waals surface area (Å²) in [5, 5.41) is 15.2. The summed E-state index contributed by atoms with van der Waals surface area (Å²) >= 11 is 0. The summed E-state index contributed by atoms with van der Waals surface area (Å²) in [6.45, 7) is 6.53. The van der Waals surface area contributed by atoms with Crippen LogP contribution in [0.15, 0.2) is 34.9 Å². The molecule has 0 bridgehead atoms. The van der Waals surface area contributed by atoms with E-state index >= 15 is 0 Å². The molecule has 0 unspecified atom stereocenters. The van der Waals surface area contributed by atoms with Gasteiger partial charge in [-0.05, 0) is 43.5 Å². The number of carbonyl (C=O) groups is 1. The van der Waals surface area contributed by atoms with E-state index in [9.17, 15) is 4.79 Å². The third kappa shape index (κ3) is 4.03. The number of hydrogen-bond donors (Lipinski definition) is 2. The third-order valence-corrected chi connectivity index (χ3v) is 6.77. The van der Waals surface area contributed by atoms with Gasteiger partial charge in [-0.3, -0.25) is 4.79 Å². The van der Waals surface area contributed by atoms with Crippen molar-refractivity contribution in [3.8, 4) is 11.5 Å². The van der Waals surface area contributed by atoms with Crippen LogP contribution in [0, 0.1) is 11.8 Å². The van der Waals surface area contributed by atoms with Crippen LogP contribution in [0.3, 0.4) is 0 Å². The van der Waals surface area contributed by atoms with Crippen molar-refractivity contribution < 1.29 is 13.9 Å². The standard InChI is InChI=1S/C25H27N7O3/c1-13-8-16(13)24(33)29-21-10-17-18(11-27-23(26-3)22(17)31-30-21)25-28-19-9-15(4-5-20(19)35-25)32-6-7-34-14(2)12-32/h4-5,9-11,13-14,16H,6-8,12H2,1-3H3,(H,26,27)(H,29,30,33)/t13-,14-,16+/m1/s1. The fraction of sp³-hybridized carbons (Fsp3) is 0.400. The molecule has 1 saturated carbocycles. The van der Waals surface area contributed by atoms with Crippen LogP contribution in [-0.2, 0) is 9.53 Å². The van der Waals surface area contributed by atoms with Gasteiger partial charge in [0.15, 0.2) is 17.2 Å². The molecule has 1 aromatic carbocycles. The molecule has 2 aliphatic rings. The molecule has 1 amide bonds. The Morgan fingerprint density at radius 3 is 2.83 bits per heavy atom. The molecular weight excluding hydrogens is 446 g/mol. The van der Waals surface area contributed by atoms with Gasteiger partial charge in [0.1, 0.15) is 11.0 Å². The zero-order chi connectivity index (χ0) is 24.1. The first-order valence-corrected chi connectivity index (χ1v) is 11.9. The predicted molar refractivity (Wildman–Crippen MR) is 133 cm³/mol. The number of nitrogens with one attached hydrogen (secondary N) is 2. The molecule has 1 saturated heterocycles. The highest BCUT2D eigenvalue weighted by Gasteiger charge is 2.39. The van der Waals surface area contributed by atoms with E-state index in [1.54, 1.807) is 19.3 Å². The Bertz CT molecular complexity index is 1440. The number of amides is 1. The number of benzene rings is 1. The Morgan fingerprint density at radius 2 is 2.06 bits per heavy atom. The van der Waals surface area contributed by atoms with E-state index in [1.165, 1.54) is 0 Å². The quantitative estimate of drug-likeness (QED) is 0.447. The van der Waals surface area contributed by atoms with Crippen molar-refractivity contribution in [2.75, 3.05) is 42.3 Å². The largest absolute Gasteiger partial charge is 0.436 e. The zero-order valence-electron chi connectivity index (χ0n) is 19.9. The number of anilines is 3. The van der Waals surface area contributed by atoms with Crippen LogP contribution >= 0.6 is 0 Å². The second-order valence-corrected chi connectivity index (χ2v) is 9.37. The van der Waals surface area contributed by atoms with Crippen molar-refractivity contribution >= 4 is 45.2 Å². The molecule has 3 atom stereocenters. The number of oxazole rings is 1. The van der Waals surface area contributed by atoms with Gasteiger partial charge in [0.2, 0.25) is 11.8 Å². The summed E-state index contributed by atoms with van der Waals surface area (Å²) in [6.07, 6.45) is 2.80. The normalized spacial score (nSPS) is 21.9. The lowest BCUT2D eigenvalue weighted by atomic mass is 10.1. The molecule has 4 aromatic rings. The van der Waals surface area contributed by atoms with Crippen molar-refractivity contribution in [1.29, 1.82) is 0 Å². The summed E-state index contributed by atoms with van der Waals surface area (Å²) in [4.78, 5) is 24.0. The van der Waals surface area contributed by atoms with E-state index in [-0.39, 0.29) is 17.9 Å². The first-order chi connectivity index (χ1) is 17.0. The van der Waals surface area contributed by atoms with Gasteiger partial charge in [-0.15, -0.1) is 10.2 Å². The lowest BCUT2D eigenvalue weighted by Crippen LogP contribution is -2.41. The number of aromatic nitrogens is 4. The Hall–Kier alpha value is -3.79. The number of morpholine rings is 1. The van der Waals surface area contributed by atoms with Crippen LogP contribution in [0.5, 0.6) is 0 Å². The van der Waals surface area contributed by atoms with Crippen LogP contribution < -0.4 is 15.5 Å². The third-order valence-electron chi connectivity index (χ3n) is 6.77. The number of rotatable bonds is 5. The number of fused-ring (bicyclic) bond motifs is 2. The number of hydrogen-bond acceptors (Lipinski definition) is 9. The molecule has 0 spiro atoms. The topological polar surface area (TPSA) is 118 Å². The molecule has 1 aliphatic carbocycles. The van der Waals surface area contributed by atoms with Gasteiger partial charge in [0, 0.05) is 43.3 Å². The van der Waals surface area contributed by atoms with Crippen molar-refractivity contribution in [2.45, 2.75) is 26.4 Å². The summed E-state index contributed by atoms with van der Waals surface area (Å²) in [6, 6.07) is 7.84. The number of nitrogens with zero attached hydrogens (tertiary/aromatic N) is 5. The molecule has 6 rings (SSSR count). The van der Waals surface area contributed by atoms with Crippen LogP contribution in [0.2, 0.25) is 0 Å². The van der Waals surface area contributed by atoms with E-state index < -0.39 is 0 Å². The maximum atomic E-state index is 12.5. The van der Waals surface area contributed by atoms with E-state index in [2.05, 4.69) is 44.6 Å². The van der Waals surface area contributed by atoms with Crippen molar-refractivity contribution in [3.63, 3.8) is 0 Å². The Morgan fingerprint density at radius 1 is 1.20 bits per heavy atom. The fourth-order valence-electron chi connectivity index (χ4n) is 4.63. The number of carbonyl (C=O) groups excluding carboxylic acids is 1. The predicted octanol–water partition coefficient (Wildman–Crippen LogP) is 3.69. The SMILES string of the molecule is CNc1ncc(-c2nc3cc(N4CCO[C@H](C)C4)ccc3o2)c2cc(NC(=O)[C@H]3C[C@H]3C)nnc12. The minimum Gasteiger partial charge on any atom is -0.436 e. The lowest BCUT2D eigenvalue weighted by molar-refractivity contribution is -0.117. The first-order valence-electron chi connectivity index (χ1n) is 11.9. The Balaban J connectivity index is 1.39. The highest BCUT2D eigenvalue weighted by molar-refractivity contribution is 6.01. The second kappa shape index (κ2) is 8.46. The zero-order valence-corrected chi connectivity index (χ0v) is 19.9. The monoisotopic (exact) mass is 473 g/mol. The van der Waals surface area contributed by atoms with Crippen molar-refractivity contribution in [1.82, 2.24) is 20.2 Å². The summed E-state index contributed by atoms with van der Waals surface area (Å²) < 4.78 is 11.8. The molecule has 4 heterocycles. The van der Waals surface area contributed by atoms with Crippen LogP contribution in [-0.4, -0.2) is 58.9 Å². The van der Waals surface area contributed by atoms with Gasteiger partial charge in [0.25, 0.3) is 0 Å². The van der Waals surface area contributed by atoms with E-state index in [4.69, 9.17) is 14.1 Å². The minimum atomic E-state index is -0.0255. The summed E-state index contributed by atoms with van der Waals surface area (Å²) in [7, 11) is 1.78. The van der Waals surface area contributed by atoms with E-state index in [0.717, 1.165) is 36.1 Å². The minimum absolute atomic E-state index is 0.0255. The molecule has 180 valence electrons.